The largest absolute Gasteiger partial charge is 0.494 e. The summed E-state index contributed by atoms with van der Waals surface area (Å²) in [6.45, 7) is 2.68. The number of amides is 1. The fourth-order valence-corrected chi connectivity index (χ4v) is 3.86. The van der Waals surface area contributed by atoms with Crippen LogP contribution in [0.1, 0.15) is 25.3 Å². The van der Waals surface area contributed by atoms with Gasteiger partial charge in [0.2, 0.25) is 5.91 Å². The van der Waals surface area contributed by atoms with E-state index in [0.29, 0.717) is 24.9 Å². The minimum absolute atomic E-state index is 0.00482. The second kappa shape index (κ2) is 7.72. The fourth-order valence-electron chi connectivity index (χ4n) is 3.86. The van der Waals surface area contributed by atoms with Gasteiger partial charge in [-0.1, -0.05) is 24.3 Å². The van der Waals surface area contributed by atoms with E-state index in [4.69, 9.17) is 4.74 Å². The molecular formula is C20H25NO4. The van der Waals surface area contributed by atoms with E-state index in [1.807, 2.05) is 31.2 Å². The second-order valence-electron chi connectivity index (χ2n) is 6.95. The zero-order valence-electron chi connectivity index (χ0n) is 14.5. The van der Waals surface area contributed by atoms with Gasteiger partial charge in [0, 0.05) is 12.5 Å². The molecule has 25 heavy (non-hydrogen) atoms. The number of carbonyl (C=O) groups is 2. The summed E-state index contributed by atoms with van der Waals surface area (Å²) < 4.78 is 5.39. The Labute approximate surface area is 148 Å². The number of nitrogens with one attached hydrogen (secondary N) is 1. The number of aliphatic carboxylic acids is 1. The summed E-state index contributed by atoms with van der Waals surface area (Å²) in [6.07, 6.45) is 6.67. The van der Waals surface area contributed by atoms with Crippen LogP contribution in [0.5, 0.6) is 5.75 Å². The topological polar surface area (TPSA) is 75.6 Å². The summed E-state index contributed by atoms with van der Waals surface area (Å²) in [7, 11) is 0. The molecule has 5 heteroatoms. The van der Waals surface area contributed by atoms with Crippen molar-refractivity contribution in [1.29, 1.82) is 0 Å². The van der Waals surface area contributed by atoms with Crippen molar-refractivity contribution in [3.63, 3.8) is 0 Å². The normalized spacial score (nSPS) is 24.9. The van der Waals surface area contributed by atoms with Crippen LogP contribution in [0, 0.1) is 23.7 Å². The van der Waals surface area contributed by atoms with E-state index in [1.165, 1.54) is 0 Å². The van der Waals surface area contributed by atoms with Crippen LogP contribution in [0.3, 0.4) is 0 Å². The minimum Gasteiger partial charge on any atom is -0.494 e. The van der Waals surface area contributed by atoms with Crippen LogP contribution in [0.2, 0.25) is 0 Å². The molecule has 1 aromatic rings. The molecule has 2 aliphatic rings. The summed E-state index contributed by atoms with van der Waals surface area (Å²) in [4.78, 5) is 23.9. The molecule has 134 valence electrons. The summed E-state index contributed by atoms with van der Waals surface area (Å²) in [5.74, 6) is 0.123. The third-order valence-corrected chi connectivity index (χ3v) is 5.20. The lowest BCUT2D eigenvalue weighted by atomic mass is 9.92. The highest BCUT2D eigenvalue weighted by atomic mass is 16.5. The Morgan fingerprint density at radius 1 is 1.24 bits per heavy atom. The van der Waals surface area contributed by atoms with Gasteiger partial charge in [-0.3, -0.25) is 9.59 Å². The highest BCUT2D eigenvalue weighted by molar-refractivity contribution is 5.81. The number of carboxylic acid groups (broad SMARTS) is 1. The monoisotopic (exact) mass is 343 g/mol. The van der Waals surface area contributed by atoms with Crippen molar-refractivity contribution in [3.8, 4) is 5.75 Å². The number of rotatable bonds is 8. The van der Waals surface area contributed by atoms with E-state index in [9.17, 15) is 14.7 Å². The van der Waals surface area contributed by atoms with Gasteiger partial charge >= 0.3 is 5.97 Å². The van der Waals surface area contributed by atoms with Gasteiger partial charge in [-0.2, -0.15) is 0 Å². The maximum atomic E-state index is 12.4. The van der Waals surface area contributed by atoms with Crippen molar-refractivity contribution in [2.24, 2.45) is 23.7 Å². The smallest absolute Gasteiger partial charge is 0.308 e. The van der Waals surface area contributed by atoms with Crippen LogP contribution < -0.4 is 10.1 Å². The maximum absolute atomic E-state index is 12.4. The van der Waals surface area contributed by atoms with E-state index < -0.39 is 11.9 Å². The molecule has 2 N–H and O–H groups in total. The number of carbonyl (C=O) groups excluding carboxylic acids is 1. The molecule has 2 aliphatic carbocycles. The van der Waals surface area contributed by atoms with Gasteiger partial charge in [0.25, 0.3) is 0 Å². The summed E-state index contributed by atoms with van der Waals surface area (Å²) in [6, 6.07) is 7.45. The van der Waals surface area contributed by atoms with Gasteiger partial charge in [-0.25, -0.2) is 0 Å². The van der Waals surface area contributed by atoms with Gasteiger partial charge in [0.1, 0.15) is 5.75 Å². The van der Waals surface area contributed by atoms with Crippen molar-refractivity contribution in [2.45, 2.75) is 26.2 Å². The summed E-state index contributed by atoms with van der Waals surface area (Å²) in [5, 5.41) is 12.3. The van der Waals surface area contributed by atoms with Gasteiger partial charge < -0.3 is 15.2 Å². The molecule has 1 fully saturated rings. The van der Waals surface area contributed by atoms with Crippen molar-refractivity contribution in [1.82, 2.24) is 5.32 Å². The Morgan fingerprint density at radius 3 is 2.56 bits per heavy atom. The Hall–Kier alpha value is -2.30. The highest BCUT2D eigenvalue weighted by Crippen LogP contribution is 2.43. The lowest BCUT2D eigenvalue weighted by Gasteiger charge is -2.19. The standard InChI is InChI=1S/C20H25NO4/c1-2-25-17-7-4-13(5-8-17)9-16(20(23)24)12-21-19(22)18-11-14-3-6-15(18)10-14/h3-8,14-16,18H,2,9-12H2,1H3,(H,21,22)(H,23,24). The van der Waals surface area contributed by atoms with Crippen molar-refractivity contribution in [2.75, 3.05) is 13.2 Å². The lowest BCUT2D eigenvalue weighted by molar-refractivity contribution is -0.141. The van der Waals surface area contributed by atoms with Gasteiger partial charge in [-0.15, -0.1) is 0 Å². The maximum Gasteiger partial charge on any atom is 0.308 e. The van der Waals surface area contributed by atoms with Crippen molar-refractivity contribution in [3.05, 3.63) is 42.0 Å². The Bertz CT molecular complexity index is 652. The van der Waals surface area contributed by atoms with Crippen LogP contribution in [0.15, 0.2) is 36.4 Å². The number of allylic oxidation sites excluding steroid dienone is 2. The zero-order valence-corrected chi connectivity index (χ0v) is 14.5. The first-order valence-electron chi connectivity index (χ1n) is 8.97. The zero-order chi connectivity index (χ0) is 17.8. The van der Waals surface area contributed by atoms with Crippen LogP contribution in [-0.4, -0.2) is 30.1 Å². The fraction of sp³-hybridized carbons (Fsp3) is 0.500. The van der Waals surface area contributed by atoms with E-state index in [1.54, 1.807) is 0 Å². The number of hydrogen-bond donors (Lipinski definition) is 2. The average Bonchev–Trinajstić information content (AvgIpc) is 3.23. The van der Waals surface area contributed by atoms with E-state index in [-0.39, 0.29) is 18.4 Å². The molecule has 0 saturated heterocycles. The Morgan fingerprint density at radius 2 is 2.00 bits per heavy atom. The van der Waals surface area contributed by atoms with Crippen LogP contribution in [0.25, 0.3) is 0 Å². The van der Waals surface area contributed by atoms with Crippen LogP contribution in [0.4, 0.5) is 0 Å². The molecule has 0 radical (unpaired) electrons. The predicted octanol–water partition coefficient (Wildman–Crippen LogP) is 2.66. The molecule has 1 aromatic carbocycles. The molecule has 4 atom stereocenters. The number of fused-ring (bicyclic) bond motifs is 2. The van der Waals surface area contributed by atoms with Gasteiger partial charge in [0.05, 0.1) is 12.5 Å². The summed E-state index contributed by atoms with van der Waals surface area (Å²) in [5.41, 5.74) is 0.924. The molecule has 5 nitrogen and oxygen atoms in total. The molecule has 1 saturated carbocycles. The molecular weight excluding hydrogens is 318 g/mol. The van der Waals surface area contributed by atoms with Gasteiger partial charge in [0.15, 0.2) is 0 Å². The third kappa shape index (κ3) is 4.21. The van der Waals surface area contributed by atoms with Crippen molar-refractivity contribution >= 4 is 11.9 Å². The van der Waals surface area contributed by atoms with Crippen molar-refractivity contribution < 1.29 is 19.4 Å². The highest BCUT2D eigenvalue weighted by Gasteiger charge is 2.39. The first kappa shape index (κ1) is 17.5. The molecule has 0 aliphatic heterocycles. The third-order valence-electron chi connectivity index (χ3n) is 5.20. The Balaban J connectivity index is 1.53. The molecule has 2 bridgehead atoms. The minimum atomic E-state index is -0.887. The predicted molar refractivity (Wildman–Crippen MR) is 94.3 cm³/mol. The molecule has 4 unspecified atom stereocenters. The molecule has 0 spiro atoms. The molecule has 0 aromatic heterocycles. The van der Waals surface area contributed by atoms with Gasteiger partial charge in [-0.05, 0) is 55.7 Å². The second-order valence-corrected chi connectivity index (χ2v) is 6.95. The summed E-state index contributed by atoms with van der Waals surface area (Å²) >= 11 is 0. The lowest BCUT2D eigenvalue weighted by Crippen LogP contribution is -2.38. The van der Waals surface area contributed by atoms with E-state index in [2.05, 4.69) is 17.5 Å². The quantitative estimate of drug-likeness (QED) is 0.712. The molecule has 1 amide bonds. The SMILES string of the molecule is CCOc1ccc(CC(CNC(=O)C2CC3C=CC2C3)C(=O)O)cc1. The first-order valence-corrected chi connectivity index (χ1v) is 8.97. The number of benzene rings is 1. The van der Waals surface area contributed by atoms with E-state index in [0.717, 1.165) is 24.2 Å². The molecule has 0 heterocycles. The van der Waals surface area contributed by atoms with E-state index >= 15 is 0 Å². The van der Waals surface area contributed by atoms with Crippen LogP contribution in [-0.2, 0) is 16.0 Å². The number of carboxylic acids is 1. The molecule has 3 rings (SSSR count). The van der Waals surface area contributed by atoms with Crippen LogP contribution >= 0.6 is 0 Å². The number of ether oxygens (including phenoxy) is 1. The average molecular weight is 343 g/mol. The first-order chi connectivity index (χ1) is 12.1. The number of hydrogen-bond acceptors (Lipinski definition) is 3. The Kier molecular flexibility index (Phi) is 5.41.